The number of piperidine rings is 1. The maximum atomic E-state index is 11.4. The zero-order chi connectivity index (χ0) is 14.8. The molecule has 0 aromatic carbocycles. The van der Waals surface area contributed by atoms with Crippen LogP contribution in [0.3, 0.4) is 0 Å². The van der Waals surface area contributed by atoms with E-state index < -0.39 is 11.4 Å². The molecule has 0 aliphatic carbocycles. The SMILES string of the molecule is CCC(C)n1ccc(CN2CCCC(C)(C(=O)O)C2)n1. The van der Waals surface area contributed by atoms with Gasteiger partial charge in [-0.2, -0.15) is 5.10 Å². The molecule has 2 atom stereocenters. The number of carbonyl (C=O) groups is 1. The molecule has 5 nitrogen and oxygen atoms in total. The molecule has 5 heteroatoms. The van der Waals surface area contributed by atoms with Crippen molar-refractivity contribution in [2.75, 3.05) is 13.1 Å². The third-order valence-electron chi connectivity index (χ3n) is 4.38. The summed E-state index contributed by atoms with van der Waals surface area (Å²) in [6.45, 7) is 8.46. The van der Waals surface area contributed by atoms with E-state index >= 15 is 0 Å². The Morgan fingerprint density at radius 1 is 1.60 bits per heavy atom. The first-order valence-corrected chi connectivity index (χ1v) is 7.44. The predicted molar refractivity (Wildman–Crippen MR) is 77.5 cm³/mol. The molecule has 2 unspecified atom stereocenters. The molecule has 1 saturated heterocycles. The number of hydrogen-bond donors (Lipinski definition) is 1. The molecule has 1 aliphatic heterocycles. The number of carboxylic acid groups (broad SMARTS) is 1. The third kappa shape index (κ3) is 3.20. The Labute approximate surface area is 120 Å². The lowest BCUT2D eigenvalue weighted by molar-refractivity contribution is -0.151. The Kier molecular flexibility index (Phi) is 4.48. The number of likely N-dealkylation sites (tertiary alicyclic amines) is 1. The largest absolute Gasteiger partial charge is 0.481 e. The smallest absolute Gasteiger partial charge is 0.310 e. The molecule has 0 spiro atoms. The second-order valence-corrected chi connectivity index (χ2v) is 6.22. The summed E-state index contributed by atoms with van der Waals surface area (Å²) >= 11 is 0. The number of rotatable bonds is 5. The average Bonchev–Trinajstić information content (AvgIpc) is 2.86. The summed E-state index contributed by atoms with van der Waals surface area (Å²) in [5.41, 5.74) is 0.414. The Morgan fingerprint density at radius 3 is 3.00 bits per heavy atom. The van der Waals surface area contributed by atoms with Crippen molar-refractivity contribution >= 4 is 5.97 Å². The summed E-state index contributed by atoms with van der Waals surface area (Å²) in [7, 11) is 0. The molecule has 2 heterocycles. The molecule has 2 rings (SSSR count). The highest BCUT2D eigenvalue weighted by Crippen LogP contribution is 2.30. The highest BCUT2D eigenvalue weighted by molar-refractivity contribution is 5.74. The molecule has 1 aromatic rings. The highest BCUT2D eigenvalue weighted by atomic mass is 16.4. The standard InChI is InChI=1S/C15H25N3O2/c1-4-12(2)18-9-6-13(16-18)10-17-8-5-7-15(3,11-17)14(19)20/h6,9,12H,4-5,7-8,10-11H2,1-3H3,(H,19,20). The van der Waals surface area contributed by atoms with Crippen LogP contribution >= 0.6 is 0 Å². The lowest BCUT2D eigenvalue weighted by atomic mass is 9.82. The van der Waals surface area contributed by atoms with E-state index in [2.05, 4.69) is 23.8 Å². The summed E-state index contributed by atoms with van der Waals surface area (Å²) in [5, 5.41) is 13.9. The van der Waals surface area contributed by atoms with E-state index in [9.17, 15) is 9.90 Å². The molecule has 0 radical (unpaired) electrons. The molecule has 0 bridgehead atoms. The first-order valence-electron chi connectivity index (χ1n) is 7.44. The second kappa shape index (κ2) is 5.95. The van der Waals surface area contributed by atoms with E-state index in [0.29, 0.717) is 12.6 Å². The number of hydrogen-bond acceptors (Lipinski definition) is 3. The minimum absolute atomic E-state index is 0.411. The van der Waals surface area contributed by atoms with Gasteiger partial charge in [-0.15, -0.1) is 0 Å². The van der Waals surface area contributed by atoms with E-state index in [0.717, 1.165) is 38.0 Å². The van der Waals surface area contributed by atoms with E-state index in [1.807, 2.05) is 23.9 Å². The monoisotopic (exact) mass is 279 g/mol. The Morgan fingerprint density at radius 2 is 2.35 bits per heavy atom. The van der Waals surface area contributed by atoms with Gasteiger partial charge in [0.2, 0.25) is 0 Å². The van der Waals surface area contributed by atoms with E-state index in [-0.39, 0.29) is 0 Å². The maximum Gasteiger partial charge on any atom is 0.310 e. The van der Waals surface area contributed by atoms with Gasteiger partial charge in [0.1, 0.15) is 0 Å². The molecule has 20 heavy (non-hydrogen) atoms. The van der Waals surface area contributed by atoms with Crippen LogP contribution in [0.1, 0.15) is 51.8 Å². The van der Waals surface area contributed by atoms with Crippen LogP contribution in [0.2, 0.25) is 0 Å². The molecule has 112 valence electrons. The molecule has 1 aromatic heterocycles. The molecular formula is C15H25N3O2. The predicted octanol–water partition coefficient (Wildman–Crippen LogP) is 2.54. The second-order valence-electron chi connectivity index (χ2n) is 6.22. The summed E-state index contributed by atoms with van der Waals surface area (Å²) in [6.07, 6.45) is 4.78. The van der Waals surface area contributed by atoms with Crippen molar-refractivity contribution < 1.29 is 9.90 Å². The Balaban J connectivity index is 1.99. The fraction of sp³-hybridized carbons (Fsp3) is 0.733. The number of aromatic nitrogens is 2. The molecule has 1 aliphatic rings. The van der Waals surface area contributed by atoms with Crippen molar-refractivity contribution in [2.24, 2.45) is 5.41 Å². The van der Waals surface area contributed by atoms with Crippen molar-refractivity contribution in [3.63, 3.8) is 0 Å². The average molecular weight is 279 g/mol. The lowest BCUT2D eigenvalue weighted by Crippen LogP contribution is -2.45. The van der Waals surface area contributed by atoms with Gasteiger partial charge in [0.05, 0.1) is 11.1 Å². The van der Waals surface area contributed by atoms with Crippen LogP contribution in [0.5, 0.6) is 0 Å². The van der Waals surface area contributed by atoms with Crippen molar-refractivity contribution in [3.05, 3.63) is 18.0 Å². The highest BCUT2D eigenvalue weighted by Gasteiger charge is 2.37. The van der Waals surface area contributed by atoms with Gasteiger partial charge in [-0.1, -0.05) is 6.92 Å². The lowest BCUT2D eigenvalue weighted by Gasteiger charge is -2.37. The summed E-state index contributed by atoms with van der Waals surface area (Å²) in [5.74, 6) is -0.688. The van der Waals surface area contributed by atoms with E-state index in [1.54, 1.807) is 0 Å². The summed E-state index contributed by atoms with van der Waals surface area (Å²) in [4.78, 5) is 13.6. The minimum atomic E-state index is -0.688. The van der Waals surface area contributed by atoms with Crippen LogP contribution in [0.4, 0.5) is 0 Å². The van der Waals surface area contributed by atoms with Gasteiger partial charge in [-0.3, -0.25) is 14.4 Å². The zero-order valence-electron chi connectivity index (χ0n) is 12.7. The van der Waals surface area contributed by atoms with Crippen molar-refractivity contribution in [2.45, 2.75) is 52.6 Å². The van der Waals surface area contributed by atoms with Crippen molar-refractivity contribution in [1.82, 2.24) is 14.7 Å². The molecule has 1 N–H and O–H groups in total. The topological polar surface area (TPSA) is 58.4 Å². The van der Waals surface area contributed by atoms with Gasteiger partial charge < -0.3 is 5.11 Å². The van der Waals surface area contributed by atoms with E-state index in [4.69, 9.17) is 0 Å². The maximum absolute atomic E-state index is 11.4. The van der Waals surface area contributed by atoms with Gasteiger partial charge in [0, 0.05) is 25.3 Å². The molecular weight excluding hydrogens is 254 g/mol. The van der Waals surface area contributed by atoms with E-state index in [1.165, 1.54) is 0 Å². The fourth-order valence-electron chi connectivity index (χ4n) is 2.78. The van der Waals surface area contributed by atoms with Gasteiger partial charge in [-0.25, -0.2) is 0 Å². The number of carboxylic acids is 1. The van der Waals surface area contributed by atoms with Crippen LogP contribution in [0.25, 0.3) is 0 Å². The van der Waals surface area contributed by atoms with Crippen LogP contribution < -0.4 is 0 Å². The van der Waals surface area contributed by atoms with Gasteiger partial charge in [-0.05, 0) is 45.7 Å². The first kappa shape index (κ1) is 15.0. The first-order chi connectivity index (χ1) is 9.44. The minimum Gasteiger partial charge on any atom is -0.481 e. The zero-order valence-corrected chi connectivity index (χ0v) is 12.7. The molecule has 0 saturated carbocycles. The Hall–Kier alpha value is -1.36. The third-order valence-corrected chi connectivity index (χ3v) is 4.38. The summed E-state index contributed by atoms with van der Waals surface area (Å²) < 4.78 is 2.00. The van der Waals surface area contributed by atoms with Gasteiger partial charge in [0.15, 0.2) is 0 Å². The number of nitrogens with zero attached hydrogens (tertiary/aromatic N) is 3. The quantitative estimate of drug-likeness (QED) is 0.900. The normalized spacial score (nSPS) is 25.6. The fourth-order valence-corrected chi connectivity index (χ4v) is 2.78. The number of aliphatic carboxylic acids is 1. The van der Waals surface area contributed by atoms with Gasteiger partial charge >= 0.3 is 5.97 Å². The van der Waals surface area contributed by atoms with Gasteiger partial charge in [0.25, 0.3) is 0 Å². The Bertz CT molecular complexity index is 471. The van der Waals surface area contributed by atoms with Crippen molar-refractivity contribution in [3.8, 4) is 0 Å². The van der Waals surface area contributed by atoms with Crippen LogP contribution in [-0.4, -0.2) is 38.8 Å². The van der Waals surface area contributed by atoms with Crippen LogP contribution in [0.15, 0.2) is 12.3 Å². The van der Waals surface area contributed by atoms with Crippen molar-refractivity contribution in [1.29, 1.82) is 0 Å². The molecule has 0 amide bonds. The molecule has 1 fully saturated rings. The van der Waals surface area contributed by atoms with Crippen LogP contribution in [0, 0.1) is 5.41 Å². The summed E-state index contributed by atoms with van der Waals surface area (Å²) in [6, 6.07) is 2.45. The van der Waals surface area contributed by atoms with Crippen LogP contribution in [-0.2, 0) is 11.3 Å².